The first kappa shape index (κ1) is 25.8. The quantitative estimate of drug-likeness (QED) is 0.327. The van der Waals surface area contributed by atoms with Crippen LogP contribution >= 0.6 is 0 Å². The summed E-state index contributed by atoms with van der Waals surface area (Å²) in [7, 11) is 0. The molecule has 0 unspecified atom stereocenters. The van der Waals surface area contributed by atoms with Crippen LogP contribution in [0.4, 0.5) is 39.5 Å². The number of hydrogen-bond acceptors (Lipinski definition) is 8. The van der Waals surface area contributed by atoms with E-state index in [9.17, 15) is 18.0 Å². The minimum atomic E-state index is -2.57. The van der Waals surface area contributed by atoms with Crippen molar-refractivity contribution in [2.24, 2.45) is 0 Å². The van der Waals surface area contributed by atoms with E-state index in [4.69, 9.17) is 15.2 Å². The number of hydrogen-bond donors (Lipinski definition) is 3. The molecule has 0 saturated carbocycles. The Bertz CT molecular complexity index is 1370. The van der Waals surface area contributed by atoms with Gasteiger partial charge in [0.05, 0.1) is 12.2 Å². The Morgan fingerprint density at radius 3 is 2.89 bits per heavy atom. The van der Waals surface area contributed by atoms with Gasteiger partial charge in [0.2, 0.25) is 5.88 Å². The molecule has 0 radical (unpaired) electrons. The lowest BCUT2D eigenvalue weighted by Gasteiger charge is -2.33. The molecule has 1 amide bonds. The number of nitrogens with two attached hydrogens (primary N) is 1. The van der Waals surface area contributed by atoms with E-state index in [0.717, 1.165) is 5.56 Å². The van der Waals surface area contributed by atoms with Crippen LogP contribution in [0.2, 0.25) is 0 Å². The van der Waals surface area contributed by atoms with Gasteiger partial charge in [-0.3, -0.25) is 10.2 Å². The van der Waals surface area contributed by atoms with Gasteiger partial charge in [-0.1, -0.05) is 0 Å². The van der Waals surface area contributed by atoms with E-state index in [1.54, 1.807) is 6.07 Å². The number of ether oxygens (including phenoxy) is 2. The van der Waals surface area contributed by atoms with Crippen molar-refractivity contribution in [1.29, 1.82) is 0 Å². The summed E-state index contributed by atoms with van der Waals surface area (Å²) in [6.45, 7) is 2.30. The van der Waals surface area contributed by atoms with Crippen molar-refractivity contribution in [3.8, 4) is 17.0 Å². The van der Waals surface area contributed by atoms with Gasteiger partial charge in [-0.05, 0) is 30.0 Å². The smallest absolute Gasteiger partial charge is 0.413 e. The summed E-state index contributed by atoms with van der Waals surface area (Å²) in [6.07, 6.45) is -3.26. The van der Waals surface area contributed by atoms with Crippen molar-refractivity contribution >= 4 is 34.1 Å². The lowest BCUT2D eigenvalue weighted by molar-refractivity contribution is -0.0188. The Hall–Kier alpha value is -3.87. The van der Waals surface area contributed by atoms with Crippen LogP contribution in [-0.4, -0.2) is 72.4 Å². The number of fused-ring (bicyclic) bond motifs is 2. The highest BCUT2D eigenvalue weighted by Gasteiger charge is 2.33. The highest BCUT2D eigenvalue weighted by molar-refractivity contribution is 5.99. The predicted molar refractivity (Wildman–Crippen MR) is 134 cm³/mol. The SMILES string of the molecule is Cc1c(-c2cc3cc(NC(=O)O[C@@H]4CCN(CC(F)F)C[C@@H]4F)ncc3c(N)c2F)cnc2c1NCCO2. The first-order valence-corrected chi connectivity index (χ1v) is 12.1. The van der Waals surface area contributed by atoms with E-state index >= 15 is 4.39 Å². The second kappa shape index (κ2) is 10.5. The van der Waals surface area contributed by atoms with Crippen molar-refractivity contribution in [3.63, 3.8) is 0 Å². The molecule has 3 aromatic rings. The van der Waals surface area contributed by atoms with Crippen LogP contribution in [0.1, 0.15) is 12.0 Å². The van der Waals surface area contributed by atoms with Crippen molar-refractivity contribution < 1.29 is 31.8 Å². The number of nitrogens with zero attached hydrogens (tertiary/aromatic N) is 3. The average Bonchev–Trinajstić information content (AvgIpc) is 2.88. The third-order valence-corrected chi connectivity index (χ3v) is 6.69. The van der Waals surface area contributed by atoms with Gasteiger partial charge in [0.15, 0.2) is 5.82 Å². The van der Waals surface area contributed by atoms with Crippen LogP contribution in [0.15, 0.2) is 24.5 Å². The number of rotatable bonds is 5. The van der Waals surface area contributed by atoms with Gasteiger partial charge in [-0.25, -0.2) is 32.3 Å². The first-order valence-electron chi connectivity index (χ1n) is 12.1. The number of carbonyl (C=O) groups is 1. The zero-order valence-corrected chi connectivity index (χ0v) is 20.4. The fourth-order valence-electron chi connectivity index (χ4n) is 4.77. The second-order valence-electron chi connectivity index (χ2n) is 9.22. The number of alkyl halides is 3. The predicted octanol–water partition coefficient (Wildman–Crippen LogP) is 4.36. The van der Waals surface area contributed by atoms with Gasteiger partial charge in [0, 0.05) is 55.0 Å². The largest absolute Gasteiger partial charge is 0.474 e. The molecule has 1 fully saturated rings. The molecule has 13 heteroatoms. The number of likely N-dealkylation sites (tertiary alicyclic amines) is 1. The summed E-state index contributed by atoms with van der Waals surface area (Å²) in [4.78, 5) is 22.1. The summed E-state index contributed by atoms with van der Waals surface area (Å²) in [6, 6.07) is 3.08. The molecule has 4 N–H and O–H groups in total. The van der Waals surface area contributed by atoms with E-state index in [1.165, 1.54) is 23.4 Å². The number of benzene rings is 1. The van der Waals surface area contributed by atoms with Crippen molar-refractivity contribution in [1.82, 2.24) is 14.9 Å². The number of nitrogen functional groups attached to an aromatic ring is 1. The van der Waals surface area contributed by atoms with Crippen LogP contribution in [0, 0.1) is 12.7 Å². The van der Waals surface area contributed by atoms with Crippen molar-refractivity contribution in [2.45, 2.75) is 32.0 Å². The molecule has 38 heavy (non-hydrogen) atoms. The minimum Gasteiger partial charge on any atom is -0.474 e. The van der Waals surface area contributed by atoms with Crippen LogP contribution in [0.3, 0.4) is 0 Å². The maximum atomic E-state index is 15.3. The van der Waals surface area contributed by atoms with Crippen LogP contribution in [0.25, 0.3) is 21.9 Å². The molecule has 202 valence electrons. The Kier molecular flexibility index (Phi) is 7.11. The van der Waals surface area contributed by atoms with Gasteiger partial charge in [-0.15, -0.1) is 0 Å². The number of amides is 1. The van der Waals surface area contributed by atoms with Gasteiger partial charge < -0.3 is 20.5 Å². The molecular formula is C25H26F4N6O3. The molecule has 0 aliphatic carbocycles. The van der Waals surface area contributed by atoms with E-state index in [0.29, 0.717) is 41.1 Å². The molecule has 2 aliphatic heterocycles. The Morgan fingerprint density at radius 2 is 2.13 bits per heavy atom. The molecule has 5 rings (SSSR count). The monoisotopic (exact) mass is 534 g/mol. The molecule has 4 heterocycles. The average molecular weight is 535 g/mol. The highest BCUT2D eigenvalue weighted by Crippen LogP contribution is 2.39. The Morgan fingerprint density at radius 1 is 1.32 bits per heavy atom. The van der Waals surface area contributed by atoms with Gasteiger partial charge in [0.25, 0.3) is 6.43 Å². The summed E-state index contributed by atoms with van der Waals surface area (Å²) < 4.78 is 65.6. The number of aromatic nitrogens is 2. The standard InChI is InChI=1S/C25H26F4N6O3/c1-12-15(8-33-24-23(12)31-3-5-37-24)14-6-13-7-20(32-9-16(13)22(30)21(14)29)34-25(36)38-18-2-4-35(10-17(18)26)11-19(27)28/h6-9,17-19,31H,2-5,10-11,30H2,1H3,(H,32,34,36)/t17-,18+/m0/s1. The summed E-state index contributed by atoms with van der Waals surface area (Å²) in [5.74, 6) is -0.107. The second-order valence-corrected chi connectivity index (χ2v) is 9.22. The maximum absolute atomic E-state index is 15.3. The molecule has 1 saturated heterocycles. The molecule has 1 aromatic carbocycles. The van der Waals surface area contributed by atoms with Gasteiger partial charge in [0.1, 0.15) is 30.4 Å². The Balaban J connectivity index is 1.35. The number of carbonyl (C=O) groups excluding carboxylic acids is 1. The zero-order chi connectivity index (χ0) is 27.0. The van der Waals surface area contributed by atoms with E-state index in [2.05, 4.69) is 20.6 Å². The summed E-state index contributed by atoms with van der Waals surface area (Å²) in [5.41, 5.74) is 8.13. The summed E-state index contributed by atoms with van der Waals surface area (Å²) >= 11 is 0. The lowest BCUT2D eigenvalue weighted by Crippen LogP contribution is -2.48. The minimum absolute atomic E-state index is 0.0830. The fourth-order valence-corrected chi connectivity index (χ4v) is 4.77. The molecule has 0 bridgehead atoms. The first-order chi connectivity index (χ1) is 18.2. The van der Waals surface area contributed by atoms with Gasteiger partial charge >= 0.3 is 6.09 Å². The van der Waals surface area contributed by atoms with Crippen LogP contribution in [-0.2, 0) is 4.74 Å². The van der Waals surface area contributed by atoms with E-state index in [1.807, 2.05) is 6.92 Å². The molecule has 2 aliphatic rings. The normalized spacial score (nSPS) is 19.5. The Labute approximate surface area is 215 Å². The van der Waals surface area contributed by atoms with Crippen molar-refractivity contribution in [3.05, 3.63) is 35.9 Å². The molecule has 0 spiro atoms. The topological polar surface area (TPSA) is 115 Å². The molecule has 9 nitrogen and oxygen atoms in total. The van der Waals surface area contributed by atoms with E-state index < -0.39 is 37.2 Å². The van der Waals surface area contributed by atoms with Crippen molar-refractivity contribution in [2.75, 3.05) is 49.2 Å². The number of anilines is 3. The zero-order valence-electron chi connectivity index (χ0n) is 20.4. The van der Waals surface area contributed by atoms with Crippen LogP contribution < -0.4 is 21.1 Å². The van der Waals surface area contributed by atoms with Gasteiger partial charge in [-0.2, -0.15) is 0 Å². The maximum Gasteiger partial charge on any atom is 0.413 e. The number of halogens is 4. The lowest BCUT2D eigenvalue weighted by atomic mass is 9.97. The third-order valence-electron chi connectivity index (χ3n) is 6.69. The van der Waals surface area contributed by atoms with Crippen LogP contribution in [0.5, 0.6) is 5.88 Å². The molecular weight excluding hydrogens is 508 g/mol. The number of pyridine rings is 2. The molecule has 2 atom stereocenters. The van der Waals surface area contributed by atoms with E-state index in [-0.39, 0.29) is 36.6 Å². The fraction of sp³-hybridized carbons (Fsp3) is 0.400. The number of piperidine rings is 1. The highest BCUT2D eigenvalue weighted by atomic mass is 19.3. The number of nitrogens with one attached hydrogen (secondary N) is 2. The summed E-state index contributed by atoms with van der Waals surface area (Å²) in [5, 5.41) is 6.49. The third kappa shape index (κ3) is 5.10. The molecule has 2 aromatic heterocycles.